The minimum Gasteiger partial charge on any atom is -0.381 e. The van der Waals surface area contributed by atoms with Crippen molar-refractivity contribution in [3.63, 3.8) is 0 Å². The first-order chi connectivity index (χ1) is 6.72. The van der Waals surface area contributed by atoms with Crippen molar-refractivity contribution in [2.45, 2.75) is 4.90 Å². The largest absolute Gasteiger partial charge is 0.546 e. The van der Waals surface area contributed by atoms with Crippen molar-refractivity contribution >= 4 is 28.9 Å². The third kappa shape index (κ3) is 1.33. The standard InChI is InChI=1S/C8H6N2O3S/c1-14-6-4-2-3-5-7(6)9-8(13-5)10(11)12/h2-4H,1H3. The molecule has 0 fully saturated rings. The summed E-state index contributed by atoms with van der Waals surface area (Å²) >= 11 is 1.48. The fourth-order valence-corrected chi connectivity index (χ4v) is 1.71. The van der Waals surface area contributed by atoms with Crippen LogP contribution in [0.2, 0.25) is 0 Å². The molecule has 0 N–H and O–H groups in total. The van der Waals surface area contributed by atoms with E-state index in [-0.39, 0.29) is 0 Å². The Balaban J connectivity index is 2.70. The van der Waals surface area contributed by atoms with Crippen molar-refractivity contribution in [1.29, 1.82) is 0 Å². The van der Waals surface area contributed by atoms with E-state index in [1.54, 1.807) is 12.1 Å². The van der Waals surface area contributed by atoms with Gasteiger partial charge in [-0.3, -0.25) is 0 Å². The van der Waals surface area contributed by atoms with Gasteiger partial charge in [0.1, 0.15) is 0 Å². The van der Waals surface area contributed by atoms with E-state index in [0.717, 1.165) is 4.90 Å². The van der Waals surface area contributed by atoms with E-state index in [0.29, 0.717) is 11.1 Å². The molecule has 5 nitrogen and oxygen atoms in total. The second kappa shape index (κ2) is 3.30. The van der Waals surface area contributed by atoms with Crippen LogP contribution in [0.15, 0.2) is 27.5 Å². The second-order valence-corrected chi connectivity index (χ2v) is 3.41. The lowest BCUT2D eigenvalue weighted by atomic mass is 10.3. The molecule has 1 heterocycles. The number of nitrogens with zero attached hydrogens (tertiary/aromatic N) is 2. The Hall–Kier alpha value is -1.56. The Kier molecular flexibility index (Phi) is 2.12. The average Bonchev–Trinajstić information content (AvgIpc) is 2.60. The molecule has 1 aromatic heterocycles. The Morgan fingerprint density at radius 3 is 3.00 bits per heavy atom. The fraction of sp³-hybridized carbons (Fsp3) is 0.125. The molecule has 0 atom stereocenters. The van der Waals surface area contributed by atoms with E-state index < -0.39 is 10.9 Å². The van der Waals surface area contributed by atoms with Gasteiger partial charge >= 0.3 is 6.01 Å². The number of hydrogen-bond acceptors (Lipinski definition) is 5. The molecule has 0 bridgehead atoms. The molecule has 0 saturated heterocycles. The number of aromatic nitrogens is 1. The van der Waals surface area contributed by atoms with E-state index in [4.69, 9.17) is 4.42 Å². The SMILES string of the molecule is CSc1cccc2oc([N+](=O)[O-])nc12. The van der Waals surface area contributed by atoms with Crippen LogP contribution in [-0.4, -0.2) is 16.2 Å². The zero-order valence-corrected chi connectivity index (χ0v) is 8.08. The molecule has 0 amide bonds. The van der Waals surface area contributed by atoms with Crippen LogP contribution in [0.5, 0.6) is 0 Å². The summed E-state index contributed by atoms with van der Waals surface area (Å²) in [5.74, 6) is 0. The van der Waals surface area contributed by atoms with E-state index in [1.807, 2.05) is 12.3 Å². The van der Waals surface area contributed by atoms with Crippen LogP contribution in [0, 0.1) is 10.1 Å². The highest BCUT2D eigenvalue weighted by molar-refractivity contribution is 7.98. The molecule has 0 radical (unpaired) electrons. The van der Waals surface area contributed by atoms with Crippen LogP contribution >= 0.6 is 11.8 Å². The minimum atomic E-state index is -0.635. The molecular weight excluding hydrogens is 204 g/mol. The highest BCUT2D eigenvalue weighted by Gasteiger charge is 2.19. The molecule has 0 aliphatic heterocycles. The molecule has 72 valence electrons. The van der Waals surface area contributed by atoms with Crippen molar-refractivity contribution < 1.29 is 9.34 Å². The number of benzene rings is 1. The molecular formula is C8H6N2O3S. The average molecular weight is 210 g/mol. The summed E-state index contributed by atoms with van der Waals surface area (Å²) in [6, 6.07) is 4.83. The lowest BCUT2D eigenvalue weighted by Crippen LogP contribution is -1.86. The summed E-state index contributed by atoms with van der Waals surface area (Å²) < 4.78 is 4.95. The van der Waals surface area contributed by atoms with Crippen molar-refractivity contribution in [1.82, 2.24) is 4.98 Å². The normalized spacial score (nSPS) is 10.6. The Morgan fingerprint density at radius 1 is 1.57 bits per heavy atom. The number of nitro groups is 1. The summed E-state index contributed by atoms with van der Waals surface area (Å²) in [7, 11) is 0. The van der Waals surface area contributed by atoms with Gasteiger partial charge in [-0.25, -0.2) is 0 Å². The van der Waals surface area contributed by atoms with Crippen LogP contribution in [0.4, 0.5) is 6.01 Å². The second-order valence-electron chi connectivity index (χ2n) is 2.56. The van der Waals surface area contributed by atoms with Crippen molar-refractivity contribution in [3.05, 3.63) is 28.3 Å². The molecule has 0 aliphatic carbocycles. The Bertz CT molecular complexity index is 494. The molecule has 1 aromatic carbocycles. The van der Waals surface area contributed by atoms with E-state index in [9.17, 15) is 10.1 Å². The third-order valence-corrected chi connectivity index (χ3v) is 2.52. The lowest BCUT2D eigenvalue weighted by molar-refractivity contribution is -0.406. The number of oxazole rings is 1. The zero-order chi connectivity index (χ0) is 10.1. The molecule has 0 unspecified atom stereocenters. The van der Waals surface area contributed by atoms with Gasteiger partial charge in [0.25, 0.3) is 0 Å². The van der Waals surface area contributed by atoms with Gasteiger partial charge in [-0.15, -0.1) is 11.8 Å². The van der Waals surface area contributed by atoms with E-state index in [1.165, 1.54) is 11.8 Å². The summed E-state index contributed by atoms with van der Waals surface area (Å²) in [5, 5.41) is 10.4. The number of para-hydroxylation sites is 1. The van der Waals surface area contributed by atoms with Crippen LogP contribution in [-0.2, 0) is 0 Å². The summed E-state index contributed by atoms with van der Waals surface area (Å²) in [6.07, 6.45) is 1.88. The smallest absolute Gasteiger partial charge is 0.381 e. The maximum atomic E-state index is 10.4. The molecule has 0 saturated carbocycles. The van der Waals surface area contributed by atoms with Gasteiger partial charge in [0, 0.05) is 9.91 Å². The Morgan fingerprint density at radius 2 is 2.36 bits per heavy atom. The van der Waals surface area contributed by atoms with E-state index in [2.05, 4.69) is 4.98 Å². The van der Waals surface area contributed by atoms with Gasteiger partial charge in [0.2, 0.25) is 5.52 Å². The summed E-state index contributed by atoms with van der Waals surface area (Å²) in [4.78, 5) is 14.4. The zero-order valence-electron chi connectivity index (χ0n) is 7.26. The summed E-state index contributed by atoms with van der Waals surface area (Å²) in [5.41, 5.74) is 0.996. The maximum Gasteiger partial charge on any atom is 0.546 e. The van der Waals surface area contributed by atoms with Gasteiger partial charge in [-0.05, 0) is 18.4 Å². The van der Waals surface area contributed by atoms with E-state index >= 15 is 0 Å². The van der Waals surface area contributed by atoms with Crippen LogP contribution < -0.4 is 0 Å². The quantitative estimate of drug-likeness (QED) is 0.432. The minimum absolute atomic E-state index is 0.448. The predicted molar refractivity (Wildman–Crippen MR) is 52.4 cm³/mol. The van der Waals surface area contributed by atoms with Crippen LogP contribution in [0.1, 0.15) is 0 Å². The van der Waals surface area contributed by atoms with Crippen molar-refractivity contribution in [2.24, 2.45) is 0 Å². The van der Waals surface area contributed by atoms with Gasteiger partial charge in [0.05, 0.1) is 4.90 Å². The molecule has 6 heteroatoms. The first-order valence-electron chi connectivity index (χ1n) is 3.80. The number of rotatable bonds is 2. The number of thioether (sulfide) groups is 1. The van der Waals surface area contributed by atoms with Crippen LogP contribution in [0.25, 0.3) is 11.1 Å². The van der Waals surface area contributed by atoms with Gasteiger partial charge in [0.15, 0.2) is 5.58 Å². The monoisotopic (exact) mass is 210 g/mol. The first-order valence-corrected chi connectivity index (χ1v) is 5.03. The van der Waals surface area contributed by atoms with Gasteiger partial charge < -0.3 is 14.5 Å². The maximum absolute atomic E-state index is 10.4. The highest BCUT2D eigenvalue weighted by Crippen LogP contribution is 2.28. The summed E-state index contributed by atoms with van der Waals surface area (Å²) in [6.45, 7) is 0. The Labute approximate surface area is 83.3 Å². The van der Waals surface area contributed by atoms with Crippen molar-refractivity contribution in [2.75, 3.05) is 6.26 Å². The molecule has 0 aliphatic rings. The molecule has 14 heavy (non-hydrogen) atoms. The predicted octanol–water partition coefficient (Wildman–Crippen LogP) is 2.46. The molecule has 2 rings (SSSR count). The van der Waals surface area contributed by atoms with Crippen molar-refractivity contribution in [3.8, 4) is 0 Å². The molecule has 0 spiro atoms. The number of fused-ring (bicyclic) bond motifs is 1. The van der Waals surface area contributed by atoms with Gasteiger partial charge in [-0.1, -0.05) is 6.07 Å². The topological polar surface area (TPSA) is 69.2 Å². The third-order valence-electron chi connectivity index (χ3n) is 1.75. The first kappa shape index (κ1) is 9.01. The molecule has 2 aromatic rings. The lowest BCUT2D eigenvalue weighted by Gasteiger charge is -1.89. The van der Waals surface area contributed by atoms with Gasteiger partial charge in [-0.2, -0.15) is 0 Å². The fourth-order valence-electron chi connectivity index (χ4n) is 1.15. The van der Waals surface area contributed by atoms with Crippen LogP contribution in [0.3, 0.4) is 0 Å². The highest BCUT2D eigenvalue weighted by atomic mass is 32.2. The number of hydrogen-bond donors (Lipinski definition) is 0.